The van der Waals surface area contributed by atoms with Crippen molar-refractivity contribution < 1.29 is 18.3 Å². The maximum absolute atomic E-state index is 12.7. The highest BCUT2D eigenvalue weighted by Crippen LogP contribution is 2.33. The summed E-state index contributed by atoms with van der Waals surface area (Å²) in [5.41, 5.74) is -0.746. The Balaban J connectivity index is 2.18. The van der Waals surface area contributed by atoms with Crippen molar-refractivity contribution in [1.82, 2.24) is 4.98 Å². The van der Waals surface area contributed by atoms with Crippen molar-refractivity contribution in [2.45, 2.75) is 31.2 Å². The van der Waals surface area contributed by atoms with E-state index in [2.05, 4.69) is 15.6 Å². The van der Waals surface area contributed by atoms with Crippen molar-refractivity contribution in [1.29, 1.82) is 0 Å². The van der Waals surface area contributed by atoms with Crippen LogP contribution in [0.2, 0.25) is 0 Å². The maximum Gasteiger partial charge on any atom is 0.416 e. The van der Waals surface area contributed by atoms with Crippen LogP contribution in [0.25, 0.3) is 0 Å². The fourth-order valence-corrected chi connectivity index (χ4v) is 1.81. The van der Waals surface area contributed by atoms with Crippen molar-refractivity contribution in [2.24, 2.45) is 0 Å². The van der Waals surface area contributed by atoms with Gasteiger partial charge in [-0.2, -0.15) is 13.2 Å². The number of hydrogen-bond acceptors (Lipinski definition) is 4. The molecule has 4 nitrogen and oxygen atoms in total. The van der Waals surface area contributed by atoms with Gasteiger partial charge in [0, 0.05) is 13.1 Å². The Hall–Kier alpha value is -1.50. The first-order valence-electron chi connectivity index (χ1n) is 5.60. The van der Waals surface area contributed by atoms with Gasteiger partial charge in [0.2, 0.25) is 0 Å². The third-order valence-corrected chi connectivity index (χ3v) is 2.87. The Bertz CT molecular complexity index is 430. The van der Waals surface area contributed by atoms with Gasteiger partial charge < -0.3 is 15.7 Å². The number of hydrogen-bond donors (Lipinski definition) is 3. The lowest BCUT2D eigenvalue weighted by molar-refractivity contribution is -0.137. The smallest absolute Gasteiger partial charge is 0.393 e. The van der Waals surface area contributed by atoms with Gasteiger partial charge in [-0.05, 0) is 25.0 Å². The molecule has 0 aliphatic heterocycles. The summed E-state index contributed by atoms with van der Waals surface area (Å²) in [6, 6.07) is 1.92. The van der Waals surface area contributed by atoms with Crippen LogP contribution in [0.3, 0.4) is 0 Å². The topological polar surface area (TPSA) is 57.2 Å². The first-order valence-corrected chi connectivity index (χ1v) is 5.60. The number of nitrogens with one attached hydrogen (secondary N) is 2. The number of pyridine rings is 1. The Morgan fingerprint density at radius 2 is 1.89 bits per heavy atom. The summed E-state index contributed by atoms with van der Waals surface area (Å²) in [6.07, 6.45) is -3.69. The molecule has 3 N–H and O–H groups in total. The number of aromatic nitrogens is 1. The summed E-state index contributed by atoms with van der Waals surface area (Å²) in [4.78, 5) is 4.01. The van der Waals surface area contributed by atoms with Gasteiger partial charge >= 0.3 is 6.18 Å². The molecule has 1 heterocycles. The molecule has 100 valence electrons. The lowest BCUT2D eigenvalue weighted by atomic mass is 9.89. The molecule has 1 aromatic heterocycles. The zero-order valence-electron chi connectivity index (χ0n) is 9.75. The standard InChI is InChI=1S/C11H14F3N3O/c1-15-9-2-6(11(12,13)14)3-10(17-9)16-7-4-8(18)5-7/h2-3,7-8,18H,4-5H2,1H3,(H2,15,16,17). The molecule has 0 spiro atoms. The van der Waals surface area contributed by atoms with Gasteiger partial charge in [0.05, 0.1) is 11.7 Å². The van der Waals surface area contributed by atoms with Gasteiger partial charge in [0.25, 0.3) is 0 Å². The molecule has 1 aromatic rings. The van der Waals surface area contributed by atoms with Crippen LogP contribution < -0.4 is 10.6 Å². The van der Waals surface area contributed by atoms with E-state index in [1.165, 1.54) is 7.05 Å². The molecule has 7 heteroatoms. The summed E-state index contributed by atoms with van der Waals surface area (Å²) >= 11 is 0. The third kappa shape index (κ3) is 2.84. The number of anilines is 2. The lowest BCUT2D eigenvalue weighted by Crippen LogP contribution is -2.39. The van der Waals surface area contributed by atoms with Crippen molar-refractivity contribution in [2.75, 3.05) is 17.7 Å². The van der Waals surface area contributed by atoms with Gasteiger partial charge in [0.15, 0.2) is 0 Å². The molecule has 2 rings (SSSR count). The molecule has 1 saturated carbocycles. The first-order chi connectivity index (χ1) is 8.38. The molecular formula is C11H14F3N3O. The van der Waals surface area contributed by atoms with E-state index in [1.54, 1.807) is 0 Å². The van der Waals surface area contributed by atoms with E-state index in [4.69, 9.17) is 5.11 Å². The summed E-state index contributed by atoms with van der Waals surface area (Å²) in [7, 11) is 1.51. The Kier molecular flexibility index (Phi) is 3.34. The molecule has 18 heavy (non-hydrogen) atoms. The van der Waals surface area contributed by atoms with Crippen molar-refractivity contribution >= 4 is 11.6 Å². The minimum atomic E-state index is -4.40. The van der Waals surface area contributed by atoms with E-state index < -0.39 is 11.7 Å². The molecular weight excluding hydrogens is 247 g/mol. The summed E-state index contributed by atoms with van der Waals surface area (Å²) in [6.45, 7) is 0. The molecule has 1 aliphatic rings. The van der Waals surface area contributed by atoms with Crippen molar-refractivity contribution in [3.8, 4) is 0 Å². The maximum atomic E-state index is 12.7. The van der Waals surface area contributed by atoms with Crippen LogP contribution in [0.4, 0.5) is 24.8 Å². The van der Waals surface area contributed by atoms with E-state index in [-0.39, 0.29) is 23.8 Å². The van der Waals surface area contributed by atoms with E-state index in [0.717, 1.165) is 12.1 Å². The van der Waals surface area contributed by atoms with E-state index in [9.17, 15) is 13.2 Å². The van der Waals surface area contributed by atoms with E-state index in [1.807, 2.05) is 0 Å². The van der Waals surface area contributed by atoms with Gasteiger partial charge in [-0.3, -0.25) is 0 Å². The average molecular weight is 261 g/mol. The predicted molar refractivity (Wildman–Crippen MR) is 61.4 cm³/mol. The van der Waals surface area contributed by atoms with Crippen molar-refractivity contribution in [3.63, 3.8) is 0 Å². The van der Waals surface area contributed by atoms with E-state index in [0.29, 0.717) is 12.8 Å². The molecule has 0 saturated heterocycles. The highest BCUT2D eigenvalue weighted by Gasteiger charge is 2.32. The van der Waals surface area contributed by atoms with Gasteiger partial charge in [-0.15, -0.1) is 0 Å². The molecule has 1 fully saturated rings. The Morgan fingerprint density at radius 3 is 2.39 bits per heavy atom. The highest BCUT2D eigenvalue weighted by molar-refractivity contribution is 5.50. The Morgan fingerprint density at radius 1 is 1.28 bits per heavy atom. The minimum Gasteiger partial charge on any atom is -0.393 e. The lowest BCUT2D eigenvalue weighted by Gasteiger charge is -2.32. The SMILES string of the molecule is CNc1cc(C(F)(F)F)cc(NC2CC(O)C2)n1. The van der Waals surface area contributed by atoms with Gasteiger partial charge in [-0.25, -0.2) is 4.98 Å². The minimum absolute atomic E-state index is 0.0133. The molecule has 0 atom stereocenters. The van der Waals surface area contributed by atoms with Crippen LogP contribution in [-0.2, 0) is 6.18 Å². The fourth-order valence-electron chi connectivity index (χ4n) is 1.81. The van der Waals surface area contributed by atoms with Crippen molar-refractivity contribution in [3.05, 3.63) is 17.7 Å². The van der Waals surface area contributed by atoms with Crippen LogP contribution in [0.1, 0.15) is 18.4 Å². The summed E-state index contributed by atoms with van der Waals surface area (Å²) in [5.74, 6) is 0.332. The number of nitrogens with zero attached hydrogens (tertiary/aromatic N) is 1. The molecule has 1 aliphatic carbocycles. The number of aliphatic hydroxyl groups is 1. The quantitative estimate of drug-likeness (QED) is 0.779. The second-order valence-electron chi connectivity index (χ2n) is 4.34. The molecule has 0 unspecified atom stereocenters. The van der Waals surface area contributed by atoms with Gasteiger partial charge in [0.1, 0.15) is 11.6 Å². The van der Waals surface area contributed by atoms with Crippen LogP contribution in [-0.4, -0.2) is 29.3 Å². The predicted octanol–water partition coefficient (Wildman–Crippen LogP) is 2.08. The average Bonchev–Trinajstić information content (AvgIpc) is 2.25. The second kappa shape index (κ2) is 4.64. The Labute approximate surface area is 102 Å². The highest BCUT2D eigenvalue weighted by atomic mass is 19.4. The number of halogens is 3. The number of aliphatic hydroxyl groups excluding tert-OH is 1. The van der Waals surface area contributed by atoms with E-state index >= 15 is 0 Å². The zero-order chi connectivity index (χ0) is 13.3. The van der Waals surface area contributed by atoms with Crippen LogP contribution in [0, 0.1) is 0 Å². The number of alkyl halides is 3. The molecule has 0 aromatic carbocycles. The molecule has 0 bridgehead atoms. The third-order valence-electron chi connectivity index (χ3n) is 2.87. The fraction of sp³-hybridized carbons (Fsp3) is 0.545. The summed E-state index contributed by atoms with van der Waals surface area (Å²) < 4.78 is 38.0. The second-order valence-corrected chi connectivity index (χ2v) is 4.34. The largest absolute Gasteiger partial charge is 0.416 e. The van der Waals surface area contributed by atoms with Crippen LogP contribution in [0.15, 0.2) is 12.1 Å². The van der Waals surface area contributed by atoms with Crippen LogP contribution >= 0.6 is 0 Å². The normalized spacial score (nSPS) is 23.4. The first kappa shape index (κ1) is 12.9. The van der Waals surface area contributed by atoms with Crippen LogP contribution in [0.5, 0.6) is 0 Å². The molecule has 0 radical (unpaired) electrons. The number of rotatable bonds is 3. The monoisotopic (exact) mass is 261 g/mol. The summed E-state index contributed by atoms with van der Waals surface area (Å²) in [5, 5.41) is 14.6. The molecule has 0 amide bonds. The zero-order valence-corrected chi connectivity index (χ0v) is 9.75. The van der Waals surface area contributed by atoms with Gasteiger partial charge in [-0.1, -0.05) is 0 Å².